The number of amides is 1. The third kappa shape index (κ3) is 3.78. The molecule has 2 N–H and O–H groups in total. The molecule has 2 aliphatic heterocycles. The Kier molecular flexibility index (Phi) is 4.95. The van der Waals surface area contributed by atoms with Gasteiger partial charge in [0.25, 0.3) is 0 Å². The number of likely N-dealkylation sites (tertiary alicyclic amines) is 2. The Balaban J connectivity index is 1.42. The van der Waals surface area contributed by atoms with E-state index in [0.29, 0.717) is 18.7 Å². The molecule has 1 unspecified atom stereocenters. The van der Waals surface area contributed by atoms with E-state index >= 15 is 0 Å². The van der Waals surface area contributed by atoms with Gasteiger partial charge >= 0.3 is 6.09 Å². The summed E-state index contributed by atoms with van der Waals surface area (Å²) >= 11 is 0. The number of rotatable bonds is 3. The Labute approximate surface area is 132 Å². The molecule has 1 aromatic rings. The molecule has 5 nitrogen and oxygen atoms in total. The standard InChI is InChI=1S/C17H25N3O2/c18-15-6-9-20(12-15)16-7-10-19(11-8-16)17(21)22-13-14-4-2-1-3-5-14/h1-5,15-16H,6-13,18H2. The van der Waals surface area contributed by atoms with Gasteiger partial charge < -0.3 is 15.4 Å². The quantitative estimate of drug-likeness (QED) is 0.925. The monoisotopic (exact) mass is 303 g/mol. The second-order valence-electron chi connectivity index (χ2n) is 6.30. The van der Waals surface area contributed by atoms with Gasteiger partial charge in [0.2, 0.25) is 0 Å². The van der Waals surface area contributed by atoms with E-state index in [1.165, 1.54) is 0 Å². The molecule has 22 heavy (non-hydrogen) atoms. The maximum Gasteiger partial charge on any atom is 0.410 e. The van der Waals surface area contributed by atoms with E-state index in [1.54, 1.807) is 0 Å². The molecule has 2 aliphatic rings. The van der Waals surface area contributed by atoms with Crippen molar-refractivity contribution >= 4 is 6.09 Å². The van der Waals surface area contributed by atoms with E-state index in [9.17, 15) is 4.79 Å². The molecule has 2 saturated heterocycles. The third-order valence-electron chi connectivity index (χ3n) is 4.70. The molecule has 1 amide bonds. The zero-order chi connectivity index (χ0) is 15.4. The summed E-state index contributed by atoms with van der Waals surface area (Å²) in [5.41, 5.74) is 7.00. The Morgan fingerprint density at radius 2 is 1.86 bits per heavy atom. The van der Waals surface area contributed by atoms with Crippen molar-refractivity contribution in [1.29, 1.82) is 0 Å². The summed E-state index contributed by atoms with van der Waals surface area (Å²) in [4.78, 5) is 16.4. The first-order valence-electron chi connectivity index (χ1n) is 8.17. The van der Waals surface area contributed by atoms with Crippen LogP contribution in [0.5, 0.6) is 0 Å². The minimum atomic E-state index is -0.194. The molecule has 0 bridgehead atoms. The maximum absolute atomic E-state index is 12.1. The smallest absolute Gasteiger partial charge is 0.410 e. The predicted octanol–water partition coefficient (Wildman–Crippen LogP) is 1.82. The molecular weight excluding hydrogens is 278 g/mol. The summed E-state index contributed by atoms with van der Waals surface area (Å²) in [5, 5.41) is 0. The lowest BCUT2D eigenvalue weighted by molar-refractivity contribution is 0.0725. The molecule has 3 rings (SSSR count). The van der Waals surface area contributed by atoms with Crippen LogP contribution in [0.3, 0.4) is 0 Å². The van der Waals surface area contributed by atoms with Gasteiger partial charge in [-0.3, -0.25) is 4.90 Å². The number of nitrogens with two attached hydrogens (primary N) is 1. The Morgan fingerprint density at radius 3 is 2.50 bits per heavy atom. The molecule has 120 valence electrons. The minimum Gasteiger partial charge on any atom is -0.445 e. The number of carbonyl (C=O) groups is 1. The molecule has 5 heteroatoms. The van der Waals surface area contributed by atoms with Crippen LogP contribution in [-0.2, 0) is 11.3 Å². The van der Waals surface area contributed by atoms with Crippen molar-refractivity contribution in [2.45, 2.75) is 38.0 Å². The fourth-order valence-electron chi connectivity index (χ4n) is 3.37. The third-order valence-corrected chi connectivity index (χ3v) is 4.70. The van der Waals surface area contributed by atoms with E-state index in [2.05, 4.69) is 4.90 Å². The van der Waals surface area contributed by atoms with Gasteiger partial charge in [-0.25, -0.2) is 4.79 Å². The summed E-state index contributed by atoms with van der Waals surface area (Å²) in [6.07, 6.45) is 2.94. The summed E-state index contributed by atoms with van der Waals surface area (Å²) < 4.78 is 5.40. The van der Waals surface area contributed by atoms with E-state index in [0.717, 1.165) is 51.0 Å². The van der Waals surface area contributed by atoms with Crippen molar-refractivity contribution in [1.82, 2.24) is 9.80 Å². The second kappa shape index (κ2) is 7.11. The molecule has 0 aliphatic carbocycles. The van der Waals surface area contributed by atoms with Crippen LogP contribution in [0.15, 0.2) is 30.3 Å². The van der Waals surface area contributed by atoms with E-state index in [1.807, 2.05) is 35.2 Å². The van der Waals surface area contributed by atoms with Crippen LogP contribution >= 0.6 is 0 Å². The first-order chi connectivity index (χ1) is 10.7. The average molecular weight is 303 g/mol. The van der Waals surface area contributed by atoms with Gasteiger partial charge in [0.15, 0.2) is 0 Å². The summed E-state index contributed by atoms with van der Waals surface area (Å²) in [7, 11) is 0. The summed E-state index contributed by atoms with van der Waals surface area (Å²) in [6.45, 7) is 4.02. The second-order valence-corrected chi connectivity index (χ2v) is 6.30. The summed E-state index contributed by atoms with van der Waals surface area (Å²) in [5.74, 6) is 0. The van der Waals surface area contributed by atoms with Crippen molar-refractivity contribution in [2.24, 2.45) is 5.73 Å². The van der Waals surface area contributed by atoms with Gasteiger partial charge in [0, 0.05) is 38.3 Å². The molecule has 1 aromatic carbocycles. The molecule has 0 saturated carbocycles. The molecule has 2 fully saturated rings. The molecular formula is C17H25N3O2. The van der Waals surface area contributed by atoms with Gasteiger partial charge in [0.05, 0.1) is 0 Å². The average Bonchev–Trinajstić information content (AvgIpc) is 3.00. The highest BCUT2D eigenvalue weighted by atomic mass is 16.6. The molecule has 2 heterocycles. The highest BCUT2D eigenvalue weighted by molar-refractivity contribution is 5.67. The van der Waals surface area contributed by atoms with Crippen LogP contribution in [0.4, 0.5) is 4.79 Å². The zero-order valence-corrected chi connectivity index (χ0v) is 13.0. The first kappa shape index (κ1) is 15.3. The molecule has 1 atom stereocenters. The lowest BCUT2D eigenvalue weighted by Crippen LogP contribution is -2.46. The van der Waals surface area contributed by atoms with Crippen LogP contribution in [0.2, 0.25) is 0 Å². The van der Waals surface area contributed by atoms with Gasteiger partial charge in [-0.2, -0.15) is 0 Å². The Bertz CT molecular complexity index is 486. The number of benzene rings is 1. The van der Waals surface area contributed by atoms with Crippen LogP contribution in [0.1, 0.15) is 24.8 Å². The lowest BCUT2D eigenvalue weighted by atomic mass is 10.0. The van der Waals surface area contributed by atoms with Crippen molar-refractivity contribution in [3.8, 4) is 0 Å². The fourth-order valence-corrected chi connectivity index (χ4v) is 3.37. The van der Waals surface area contributed by atoms with Crippen LogP contribution < -0.4 is 5.73 Å². The number of carbonyl (C=O) groups excluding carboxylic acids is 1. The number of nitrogens with zero attached hydrogens (tertiary/aromatic N) is 2. The highest BCUT2D eigenvalue weighted by Crippen LogP contribution is 2.21. The van der Waals surface area contributed by atoms with Crippen molar-refractivity contribution in [3.05, 3.63) is 35.9 Å². The largest absolute Gasteiger partial charge is 0.445 e. The van der Waals surface area contributed by atoms with Crippen molar-refractivity contribution in [2.75, 3.05) is 26.2 Å². The topological polar surface area (TPSA) is 58.8 Å². The molecule has 0 radical (unpaired) electrons. The van der Waals surface area contributed by atoms with Crippen LogP contribution in [-0.4, -0.2) is 54.2 Å². The van der Waals surface area contributed by atoms with Gasteiger partial charge in [0.1, 0.15) is 6.61 Å². The number of hydrogen-bond acceptors (Lipinski definition) is 4. The fraction of sp³-hybridized carbons (Fsp3) is 0.588. The van der Waals surface area contributed by atoms with Crippen LogP contribution in [0, 0.1) is 0 Å². The van der Waals surface area contributed by atoms with E-state index in [-0.39, 0.29) is 6.09 Å². The van der Waals surface area contributed by atoms with Crippen LogP contribution in [0.25, 0.3) is 0 Å². The minimum absolute atomic E-state index is 0.194. The zero-order valence-electron chi connectivity index (χ0n) is 13.0. The molecule has 0 spiro atoms. The van der Waals surface area contributed by atoms with Crippen molar-refractivity contribution < 1.29 is 9.53 Å². The van der Waals surface area contributed by atoms with Gasteiger partial charge in [-0.15, -0.1) is 0 Å². The first-order valence-corrected chi connectivity index (χ1v) is 8.17. The Morgan fingerprint density at radius 1 is 1.14 bits per heavy atom. The van der Waals surface area contributed by atoms with Gasteiger partial charge in [-0.1, -0.05) is 30.3 Å². The highest BCUT2D eigenvalue weighted by Gasteiger charge is 2.30. The van der Waals surface area contributed by atoms with Crippen molar-refractivity contribution in [3.63, 3.8) is 0 Å². The van der Waals surface area contributed by atoms with E-state index < -0.39 is 0 Å². The number of piperidine rings is 1. The number of hydrogen-bond donors (Lipinski definition) is 1. The predicted molar refractivity (Wildman–Crippen MR) is 85.4 cm³/mol. The SMILES string of the molecule is NC1CCN(C2CCN(C(=O)OCc3ccccc3)CC2)C1. The normalized spacial score (nSPS) is 23.7. The van der Waals surface area contributed by atoms with E-state index in [4.69, 9.17) is 10.5 Å². The number of ether oxygens (including phenoxy) is 1. The summed E-state index contributed by atoms with van der Waals surface area (Å²) in [6, 6.07) is 10.7. The Hall–Kier alpha value is -1.59. The lowest BCUT2D eigenvalue weighted by Gasteiger charge is -2.36. The maximum atomic E-state index is 12.1. The molecule has 0 aromatic heterocycles. The van der Waals surface area contributed by atoms with Gasteiger partial charge in [-0.05, 0) is 24.8 Å².